The maximum Gasteiger partial charge on any atom is 0.272 e. The Bertz CT molecular complexity index is 1350. The molecule has 168 valence electrons. The molecule has 5 nitrogen and oxygen atoms in total. The van der Waals surface area contributed by atoms with Gasteiger partial charge < -0.3 is 9.13 Å². The summed E-state index contributed by atoms with van der Waals surface area (Å²) >= 11 is 6.30. The lowest BCUT2D eigenvalue weighted by molar-refractivity contribution is 0.0955. The van der Waals surface area contributed by atoms with Gasteiger partial charge in [0.2, 0.25) is 0 Å². The Morgan fingerprint density at radius 1 is 0.879 bits per heavy atom. The fourth-order valence-electron chi connectivity index (χ4n) is 4.03. The number of nitrogens with zero attached hydrogens (tertiary/aromatic N) is 3. The molecule has 0 aliphatic rings. The monoisotopic (exact) mass is 462 g/mol. The van der Waals surface area contributed by atoms with Gasteiger partial charge in [-0.1, -0.05) is 11.6 Å². The fraction of sp³-hybridized carbons (Fsp3) is 0.154. The van der Waals surface area contributed by atoms with Crippen LogP contribution >= 0.6 is 11.6 Å². The van der Waals surface area contributed by atoms with E-state index in [1.54, 1.807) is 30.5 Å². The van der Waals surface area contributed by atoms with Crippen molar-refractivity contribution in [2.45, 2.75) is 27.7 Å². The zero-order chi connectivity index (χ0) is 23.7. The Hall–Kier alpha value is -3.64. The molecule has 0 atom stereocenters. The standard InChI is InChI=1S/C26H24ClFN4O/c1-16-5-6-17(2)31(16)23-11-12-25(27)24(14-23)26(33)30-29-15-20-13-18(3)32(19(20)4)22-9-7-21(28)8-10-22/h5-15H,1-4H3,(H,30,33). The predicted octanol–water partition coefficient (Wildman–Crippen LogP) is 6.06. The van der Waals surface area contributed by atoms with Crippen molar-refractivity contribution in [1.82, 2.24) is 14.6 Å². The first-order valence-corrected chi connectivity index (χ1v) is 10.9. The number of aromatic nitrogens is 2. The molecule has 1 amide bonds. The number of halogens is 2. The third kappa shape index (κ3) is 4.47. The molecule has 2 aromatic heterocycles. The van der Waals surface area contributed by atoms with Crippen molar-refractivity contribution in [1.29, 1.82) is 0 Å². The lowest BCUT2D eigenvalue weighted by atomic mass is 10.2. The summed E-state index contributed by atoms with van der Waals surface area (Å²) < 4.78 is 17.3. The van der Waals surface area contributed by atoms with Gasteiger partial charge in [-0.2, -0.15) is 5.10 Å². The van der Waals surface area contributed by atoms with Crippen molar-refractivity contribution in [3.8, 4) is 11.4 Å². The van der Waals surface area contributed by atoms with Crippen LogP contribution in [0.3, 0.4) is 0 Å². The van der Waals surface area contributed by atoms with Crippen LogP contribution in [0, 0.1) is 33.5 Å². The first-order chi connectivity index (χ1) is 15.8. The number of hydrogen-bond donors (Lipinski definition) is 1. The number of hydrogen-bond acceptors (Lipinski definition) is 2. The van der Waals surface area contributed by atoms with E-state index >= 15 is 0 Å². The minimum Gasteiger partial charge on any atom is -0.318 e. The minimum atomic E-state index is -0.395. The number of aryl methyl sites for hydroxylation is 3. The minimum absolute atomic E-state index is 0.282. The topological polar surface area (TPSA) is 51.3 Å². The van der Waals surface area contributed by atoms with E-state index in [1.165, 1.54) is 12.1 Å². The van der Waals surface area contributed by atoms with Crippen LogP contribution in [0.15, 0.2) is 65.8 Å². The second kappa shape index (κ2) is 9.08. The number of benzene rings is 2. The van der Waals surface area contributed by atoms with Crippen molar-refractivity contribution in [3.63, 3.8) is 0 Å². The molecule has 0 spiro atoms. The third-order valence-electron chi connectivity index (χ3n) is 5.65. The van der Waals surface area contributed by atoms with E-state index in [0.717, 1.165) is 39.7 Å². The molecule has 0 radical (unpaired) electrons. The van der Waals surface area contributed by atoms with E-state index in [1.807, 2.05) is 56.5 Å². The molecule has 0 bridgehead atoms. The third-order valence-corrected chi connectivity index (χ3v) is 5.98. The first kappa shape index (κ1) is 22.6. The summed E-state index contributed by atoms with van der Waals surface area (Å²) in [6, 6.07) is 17.7. The number of carbonyl (C=O) groups is 1. The van der Waals surface area contributed by atoms with Gasteiger partial charge >= 0.3 is 0 Å². The normalized spacial score (nSPS) is 11.3. The molecule has 0 aliphatic heterocycles. The lowest BCUT2D eigenvalue weighted by Gasteiger charge is -2.12. The van der Waals surface area contributed by atoms with Gasteiger partial charge in [-0.3, -0.25) is 4.79 Å². The van der Waals surface area contributed by atoms with E-state index < -0.39 is 5.91 Å². The van der Waals surface area contributed by atoms with E-state index in [9.17, 15) is 9.18 Å². The van der Waals surface area contributed by atoms with Crippen LogP contribution in [0.1, 0.15) is 38.7 Å². The van der Waals surface area contributed by atoms with Crippen molar-refractivity contribution >= 4 is 23.7 Å². The highest BCUT2D eigenvalue weighted by Gasteiger charge is 2.14. The summed E-state index contributed by atoms with van der Waals surface area (Å²) in [6.45, 7) is 7.92. The molecule has 0 saturated heterocycles. The smallest absolute Gasteiger partial charge is 0.272 e. The first-order valence-electron chi connectivity index (χ1n) is 10.5. The highest BCUT2D eigenvalue weighted by atomic mass is 35.5. The molecule has 7 heteroatoms. The zero-order valence-corrected chi connectivity index (χ0v) is 19.6. The largest absolute Gasteiger partial charge is 0.318 e. The molecule has 0 fully saturated rings. The second-order valence-electron chi connectivity index (χ2n) is 7.95. The second-order valence-corrected chi connectivity index (χ2v) is 8.36. The molecule has 1 N–H and O–H groups in total. The number of rotatable bonds is 5. The summed E-state index contributed by atoms with van der Waals surface area (Å²) in [6.07, 6.45) is 1.60. The molecule has 2 aromatic carbocycles. The Labute approximate surface area is 197 Å². The Morgan fingerprint density at radius 3 is 2.18 bits per heavy atom. The van der Waals surface area contributed by atoms with Crippen molar-refractivity contribution in [2.24, 2.45) is 5.10 Å². The molecule has 4 rings (SSSR count). The number of nitrogens with one attached hydrogen (secondary N) is 1. The van der Waals surface area contributed by atoms with Gasteiger partial charge in [0, 0.05) is 39.7 Å². The van der Waals surface area contributed by atoms with Gasteiger partial charge in [-0.15, -0.1) is 0 Å². The zero-order valence-electron chi connectivity index (χ0n) is 18.9. The molecular formula is C26H24ClFN4O. The molecular weight excluding hydrogens is 439 g/mol. The van der Waals surface area contributed by atoms with Crippen LogP contribution in [0.4, 0.5) is 4.39 Å². The average Bonchev–Trinajstić information content (AvgIpc) is 3.26. The number of amides is 1. The quantitative estimate of drug-likeness (QED) is 0.284. The van der Waals surface area contributed by atoms with Crippen molar-refractivity contribution in [2.75, 3.05) is 0 Å². The summed E-state index contributed by atoms with van der Waals surface area (Å²) in [4.78, 5) is 12.8. The summed E-state index contributed by atoms with van der Waals surface area (Å²) in [5, 5.41) is 4.50. The van der Waals surface area contributed by atoms with Gasteiger partial charge in [0.05, 0.1) is 16.8 Å². The summed E-state index contributed by atoms with van der Waals surface area (Å²) in [5.41, 5.74) is 9.50. The highest BCUT2D eigenvalue weighted by Crippen LogP contribution is 2.23. The van der Waals surface area contributed by atoms with Gasteiger partial charge in [0.1, 0.15) is 5.82 Å². The molecule has 2 heterocycles. The molecule has 0 saturated carbocycles. The van der Waals surface area contributed by atoms with Crippen LogP contribution in [0.25, 0.3) is 11.4 Å². The fourth-order valence-corrected chi connectivity index (χ4v) is 4.23. The van der Waals surface area contributed by atoms with Gasteiger partial charge in [-0.05, 0) is 88.4 Å². The van der Waals surface area contributed by atoms with E-state index in [2.05, 4.69) is 15.1 Å². The molecule has 33 heavy (non-hydrogen) atoms. The molecule has 0 aliphatic carbocycles. The predicted molar refractivity (Wildman–Crippen MR) is 131 cm³/mol. The summed E-state index contributed by atoms with van der Waals surface area (Å²) in [5.74, 6) is -0.677. The SMILES string of the molecule is Cc1ccc(C)n1-c1ccc(Cl)c(C(=O)NN=Cc2cc(C)n(-c3ccc(F)cc3)c2C)c1. The molecule has 0 unspecified atom stereocenters. The van der Waals surface area contributed by atoms with Crippen LogP contribution < -0.4 is 5.43 Å². The van der Waals surface area contributed by atoms with E-state index in [4.69, 9.17) is 11.6 Å². The van der Waals surface area contributed by atoms with Gasteiger partial charge in [0.25, 0.3) is 5.91 Å². The molecule has 4 aromatic rings. The Balaban J connectivity index is 1.55. The average molecular weight is 463 g/mol. The highest BCUT2D eigenvalue weighted by molar-refractivity contribution is 6.33. The van der Waals surface area contributed by atoms with Crippen LogP contribution in [-0.2, 0) is 0 Å². The summed E-state index contributed by atoms with van der Waals surface area (Å²) in [7, 11) is 0. The Morgan fingerprint density at radius 2 is 1.52 bits per heavy atom. The van der Waals surface area contributed by atoms with Crippen molar-refractivity contribution < 1.29 is 9.18 Å². The number of carbonyl (C=O) groups excluding carboxylic acids is 1. The van der Waals surface area contributed by atoms with Gasteiger partial charge in [-0.25, -0.2) is 9.82 Å². The van der Waals surface area contributed by atoms with Crippen LogP contribution in [0.5, 0.6) is 0 Å². The van der Waals surface area contributed by atoms with Crippen LogP contribution in [-0.4, -0.2) is 21.3 Å². The van der Waals surface area contributed by atoms with Crippen molar-refractivity contribution in [3.05, 3.63) is 105 Å². The maximum atomic E-state index is 13.3. The maximum absolute atomic E-state index is 13.3. The lowest BCUT2D eigenvalue weighted by Crippen LogP contribution is -2.18. The van der Waals surface area contributed by atoms with Gasteiger partial charge in [0.15, 0.2) is 0 Å². The number of hydrazone groups is 1. The van der Waals surface area contributed by atoms with E-state index in [-0.39, 0.29) is 5.82 Å². The van der Waals surface area contributed by atoms with Crippen LogP contribution in [0.2, 0.25) is 5.02 Å². The Kier molecular flexibility index (Phi) is 6.20. The van der Waals surface area contributed by atoms with E-state index in [0.29, 0.717) is 10.6 Å².